The van der Waals surface area contributed by atoms with Crippen LogP contribution in [0.5, 0.6) is 0 Å². The number of carbonyl (C=O) groups excluding carboxylic acids is 2. The smallest absolute Gasteiger partial charge is 0.240 e. The van der Waals surface area contributed by atoms with E-state index in [0.29, 0.717) is 0 Å². The topological polar surface area (TPSA) is 96.0 Å². The fraction of sp³-hybridized carbons (Fsp3) is 0.160. The third-order valence-corrected chi connectivity index (χ3v) is 5.15. The summed E-state index contributed by atoms with van der Waals surface area (Å²) in [5.41, 5.74) is 6.63. The van der Waals surface area contributed by atoms with Crippen molar-refractivity contribution in [3.63, 3.8) is 0 Å². The van der Waals surface area contributed by atoms with Crippen molar-refractivity contribution in [2.45, 2.75) is 24.3 Å². The summed E-state index contributed by atoms with van der Waals surface area (Å²) in [6.07, 6.45) is 0.273. The highest BCUT2D eigenvalue weighted by Gasteiger charge is 2.44. The van der Waals surface area contributed by atoms with Gasteiger partial charge in [0.05, 0.1) is 6.07 Å². The zero-order valence-electron chi connectivity index (χ0n) is 16.5. The summed E-state index contributed by atoms with van der Waals surface area (Å²) < 4.78 is 0. The van der Waals surface area contributed by atoms with Crippen LogP contribution in [0.1, 0.15) is 29.5 Å². The first kappa shape index (κ1) is 20.8. The van der Waals surface area contributed by atoms with E-state index in [0.717, 1.165) is 16.7 Å². The molecule has 150 valence electrons. The molecule has 0 aliphatic heterocycles. The lowest BCUT2D eigenvalue weighted by Gasteiger charge is -2.35. The molecule has 3 aromatic carbocycles. The highest BCUT2D eigenvalue weighted by Crippen LogP contribution is 2.39. The van der Waals surface area contributed by atoms with Crippen molar-refractivity contribution in [1.82, 2.24) is 5.32 Å². The van der Waals surface area contributed by atoms with E-state index < -0.39 is 17.4 Å². The normalized spacial score (nSPS) is 11.8. The molecule has 0 aliphatic carbocycles. The molecule has 3 N–H and O–H groups in total. The number of nitrogens with one attached hydrogen (secondary N) is 1. The predicted molar refractivity (Wildman–Crippen MR) is 115 cm³/mol. The molecule has 0 saturated carbocycles. The maximum atomic E-state index is 13.9. The van der Waals surface area contributed by atoms with E-state index in [-0.39, 0.29) is 18.7 Å². The molecule has 0 unspecified atom stereocenters. The number of amides is 2. The molecule has 3 rings (SSSR count). The summed E-state index contributed by atoms with van der Waals surface area (Å²) in [6, 6.07) is 29.4. The zero-order chi connectivity index (χ0) is 21.4. The second-order valence-corrected chi connectivity index (χ2v) is 6.97. The minimum Gasteiger partial charge on any atom is -0.368 e. The Labute approximate surface area is 176 Å². The summed E-state index contributed by atoms with van der Waals surface area (Å²) in [6.45, 7) is 0. The summed E-state index contributed by atoms with van der Waals surface area (Å²) in [4.78, 5) is 25.9. The van der Waals surface area contributed by atoms with E-state index in [1.807, 2.05) is 97.1 Å². The van der Waals surface area contributed by atoms with E-state index in [2.05, 4.69) is 5.32 Å². The van der Waals surface area contributed by atoms with Crippen LogP contribution in [0, 0.1) is 11.3 Å². The van der Waals surface area contributed by atoms with Gasteiger partial charge in [-0.15, -0.1) is 0 Å². The predicted octanol–water partition coefficient (Wildman–Crippen LogP) is 3.29. The van der Waals surface area contributed by atoms with Gasteiger partial charge in [-0.05, 0) is 23.1 Å². The number of benzene rings is 3. The highest BCUT2D eigenvalue weighted by atomic mass is 16.2. The van der Waals surface area contributed by atoms with Gasteiger partial charge in [-0.1, -0.05) is 91.0 Å². The fourth-order valence-electron chi connectivity index (χ4n) is 3.72. The van der Waals surface area contributed by atoms with Gasteiger partial charge in [0.2, 0.25) is 11.8 Å². The second kappa shape index (κ2) is 9.53. The molecule has 0 bridgehead atoms. The lowest BCUT2D eigenvalue weighted by molar-refractivity contribution is -0.129. The van der Waals surface area contributed by atoms with Crippen molar-refractivity contribution >= 4 is 11.8 Å². The Bertz CT molecular complexity index is 932. The average Bonchev–Trinajstić information content (AvgIpc) is 2.79. The Hall–Kier alpha value is -3.91. The Morgan fingerprint density at radius 3 is 1.57 bits per heavy atom. The van der Waals surface area contributed by atoms with Crippen LogP contribution in [0.15, 0.2) is 91.0 Å². The molecule has 30 heavy (non-hydrogen) atoms. The molecule has 0 aliphatic rings. The van der Waals surface area contributed by atoms with Gasteiger partial charge in [-0.3, -0.25) is 9.59 Å². The second-order valence-electron chi connectivity index (χ2n) is 6.97. The number of carbonyl (C=O) groups is 2. The minimum absolute atomic E-state index is 0.114. The molecule has 5 heteroatoms. The van der Waals surface area contributed by atoms with Crippen molar-refractivity contribution in [3.05, 3.63) is 108 Å². The molecule has 0 aromatic heterocycles. The molecule has 5 nitrogen and oxygen atoms in total. The van der Waals surface area contributed by atoms with Gasteiger partial charge >= 0.3 is 0 Å². The molecular formula is C25H23N3O2. The molecule has 0 fully saturated rings. The standard InChI is InChI=1S/C25H23N3O2/c26-18-10-17-22(23(27)29)28-24(30)25(19-11-4-1-5-12-19,20-13-6-2-7-14-20)21-15-8-3-9-16-21/h1-9,11-16,22H,10,17H2,(H2,27,29)(H,28,30)/t22-/m1/s1. The van der Waals surface area contributed by atoms with Crippen LogP contribution in [-0.2, 0) is 15.0 Å². The highest BCUT2D eigenvalue weighted by molar-refractivity contribution is 5.98. The first-order valence-corrected chi connectivity index (χ1v) is 9.74. The molecule has 3 aromatic rings. The molecule has 2 amide bonds. The average molecular weight is 397 g/mol. The van der Waals surface area contributed by atoms with Crippen molar-refractivity contribution in [2.24, 2.45) is 5.73 Å². The van der Waals surface area contributed by atoms with E-state index in [1.165, 1.54) is 0 Å². The first-order valence-electron chi connectivity index (χ1n) is 9.74. The van der Waals surface area contributed by atoms with Crippen molar-refractivity contribution in [1.29, 1.82) is 5.26 Å². The van der Waals surface area contributed by atoms with Crippen LogP contribution in [-0.4, -0.2) is 17.9 Å². The van der Waals surface area contributed by atoms with E-state index in [1.54, 1.807) is 0 Å². The number of rotatable bonds is 8. The van der Waals surface area contributed by atoms with E-state index in [9.17, 15) is 9.59 Å². The van der Waals surface area contributed by atoms with Crippen molar-refractivity contribution < 1.29 is 9.59 Å². The quantitative estimate of drug-likeness (QED) is 0.571. The lowest BCUT2D eigenvalue weighted by Crippen LogP contribution is -2.53. The number of primary amides is 1. The molecule has 1 atom stereocenters. The van der Waals surface area contributed by atoms with Gasteiger partial charge in [0, 0.05) is 6.42 Å². The fourth-order valence-corrected chi connectivity index (χ4v) is 3.72. The number of nitrogens with two attached hydrogens (primary N) is 1. The van der Waals surface area contributed by atoms with Gasteiger partial charge < -0.3 is 11.1 Å². The summed E-state index contributed by atoms with van der Waals surface area (Å²) in [5.74, 6) is -1.03. The third kappa shape index (κ3) is 4.08. The van der Waals surface area contributed by atoms with Crippen molar-refractivity contribution in [2.75, 3.05) is 0 Å². The first-order chi connectivity index (χ1) is 14.6. The summed E-state index contributed by atoms with van der Waals surface area (Å²) in [7, 11) is 0. The zero-order valence-corrected chi connectivity index (χ0v) is 16.5. The van der Waals surface area contributed by atoms with Gasteiger partial charge in [-0.25, -0.2) is 0 Å². The van der Waals surface area contributed by atoms with Crippen LogP contribution >= 0.6 is 0 Å². The minimum atomic E-state index is -1.19. The molecule has 0 radical (unpaired) electrons. The molecular weight excluding hydrogens is 374 g/mol. The van der Waals surface area contributed by atoms with Gasteiger partial charge in [0.1, 0.15) is 11.5 Å². The Morgan fingerprint density at radius 1 is 0.833 bits per heavy atom. The maximum Gasteiger partial charge on any atom is 0.240 e. The summed E-state index contributed by atoms with van der Waals surface area (Å²) in [5, 5.41) is 11.7. The van der Waals surface area contributed by atoms with Crippen LogP contribution < -0.4 is 11.1 Å². The number of hydrogen-bond acceptors (Lipinski definition) is 3. The van der Waals surface area contributed by atoms with E-state index >= 15 is 0 Å². The molecule has 0 spiro atoms. The Kier molecular flexibility index (Phi) is 6.61. The van der Waals surface area contributed by atoms with Gasteiger partial charge in [0.15, 0.2) is 0 Å². The van der Waals surface area contributed by atoms with Crippen molar-refractivity contribution in [3.8, 4) is 6.07 Å². The molecule has 0 saturated heterocycles. The Morgan fingerprint density at radius 2 is 1.23 bits per heavy atom. The number of nitriles is 1. The van der Waals surface area contributed by atoms with Gasteiger partial charge in [0.25, 0.3) is 0 Å². The van der Waals surface area contributed by atoms with Gasteiger partial charge in [-0.2, -0.15) is 5.26 Å². The van der Waals surface area contributed by atoms with Crippen LogP contribution in [0.3, 0.4) is 0 Å². The monoisotopic (exact) mass is 397 g/mol. The lowest BCUT2D eigenvalue weighted by atomic mass is 9.68. The largest absolute Gasteiger partial charge is 0.368 e. The van der Waals surface area contributed by atoms with Crippen LogP contribution in [0.25, 0.3) is 0 Å². The van der Waals surface area contributed by atoms with Crippen LogP contribution in [0.4, 0.5) is 0 Å². The third-order valence-electron chi connectivity index (χ3n) is 5.15. The SMILES string of the molecule is N#CCC[C@@H](NC(=O)C(c1ccccc1)(c1ccccc1)c1ccccc1)C(N)=O. The maximum absolute atomic E-state index is 13.9. The van der Waals surface area contributed by atoms with E-state index in [4.69, 9.17) is 11.0 Å². The Balaban J connectivity index is 2.22. The number of nitrogens with zero attached hydrogens (tertiary/aromatic N) is 1. The summed E-state index contributed by atoms with van der Waals surface area (Å²) >= 11 is 0. The number of hydrogen-bond donors (Lipinski definition) is 2. The molecule has 0 heterocycles. The van der Waals surface area contributed by atoms with Crippen LogP contribution in [0.2, 0.25) is 0 Å².